The molecule has 5 atom stereocenters. The van der Waals surface area contributed by atoms with Gasteiger partial charge in [0, 0.05) is 9.46 Å². The van der Waals surface area contributed by atoms with Crippen molar-refractivity contribution in [2.75, 3.05) is 0 Å². The van der Waals surface area contributed by atoms with Crippen molar-refractivity contribution >= 4 is 22.6 Å². The van der Waals surface area contributed by atoms with Gasteiger partial charge in [-0.3, -0.25) is 0 Å². The topological polar surface area (TPSA) is 26.0 Å². The zero-order valence-corrected chi connectivity index (χ0v) is 10.2. The molecule has 0 unspecified atom stereocenters. The highest BCUT2D eigenvalue weighted by Crippen LogP contribution is 2.53. The minimum atomic E-state index is 0.260. The van der Waals surface area contributed by atoms with Gasteiger partial charge in [-0.25, -0.2) is 0 Å². The van der Waals surface area contributed by atoms with Crippen molar-refractivity contribution in [3.05, 3.63) is 0 Å². The van der Waals surface area contributed by atoms with Crippen LogP contribution in [-0.4, -0.2) is 9.46 Å². The van der Waals surface area contributed by atoms with Gasteiger partial charge < -0.3 is 5.73 Å². The lowest BCUT2D eigenvalue weighted by atomic mass is 9.64. The van der Waals surface area contributed by atoms with Gasteiger partial charge in [-0.15, -0.1) is 0 Å². The van der Waals surface area contributed by atoms with Crippen LogP contribution >= 0.6 is 22.6 Å². The minimum Gasteiger partial charge on any atom is -0.325 e. The molecule has 0 aromatic carbocycles. The van der Waals surface area contributed by atoms with Gasteiger partial charge in [0.1, 0.15) is 0 Å². The second-order valence-corrected chi connectivity index (χ2v) is 7.29. The molecule has 0 aliphatic heterocycles. The Hall–Kier alpha value is 0.690. The Morgan fingerprint density at radius 3 is 2.38 bits per heavy atom. The number of hydrogen-bond acceptors (Lipinski definition) is 1. The van der Waals surface area contributed by atoms with E-state index in [-0.39, 0.29) is 5.54 Å². The molecule has 4 bridgehead atoms. The first-order valence-electron chi connectivity index (χ1n) is 5.58. The molecule has 4 saturated carbocycles. The number of hydrogen-bond donors (Lipinski definition) is 1. The van der Waals surface area contributed by atoms with Crippen LogP contribution in [0, 0.1) is 17.8 Å². The van der Waals surface area contributed by atoms with Gasteiger partial charge in [-0.2, -0.15) is 0 Å². The van der Waals surface area contributed by atoms with E-state index in [4.69, 9.17) is 5.73 Å². The van der Waals surface area contributed by atoms with Crippen LogP contribution < -0.4 is 5.73 Å². The summed E-state index contributed by atoms with van der Waals surface area (Å²) >= 11 is 2.68. The molecular formula is C11H18IN. The largest absolute Gasteiger partial charge is 0.325 e. The molecule has 1 nitrogen and oxygen atoms in total. The van der Waals surface area contributed by atoms with E-state index in [9.17, 15) is 0 Å². The van der Waals surface area contributed by atoms with Crippen molar-refractivity contribution in [3.8, 4) is 0 Å². The Morgan fingerprint density at radius 1 is 1.00 bits per heavy atom. The number of fused-ring (bicyclic) bond motifs is 1. The van der Waals surface area contributed by atoms with Crippen LogP contribution in [-0.2, 0) is 0 Å². The summed E-state index contributed by atoms with van der Waals surface area (Å²) in [6.45, 7) is 0. The summed E-state index contributed by atoms with van der Waals surface area (Å²) in [5, 5.41) is 0. The summed E-state index contributed by atoms with van der Waals surface area (Å²) in [4.78, 5) is 0. The van der Waals surface area contributed by atoms with Crippen LogP contribution in [0.15, 0.2) is 0 Å². The fourth-order valence-corrected chi connectivity index (χ4v) is 5.48. The number of rotatable bonds is 0. The molecule has 2 heteroatoms. The molecule has 0 radical (unpaired) electrons. The fourth-order valence-electron chi connectivity index (χ4n) is 4.22. The van der Waals surface area contributed by atoms with Crippen molar-refractivity contribution in [2.24, 2.45) is 23.5 Å². The quantitative estimate of drug-likeness (QED) is 0.539. The number of nitrogens with two attached hydrogens (primary N) is 1. The molecule has 4 aliphatic rings. The average molecular weight is 291 g/mol. The molecule has 4 aliphatic carbocycles. The normalized spacial score (nSPS) is 59.5. The number of alkyl halides is 1. The lowest BCUT2D eigenvalue weighted by Crippen LogP contribution is -2.50. The monoisotopic (exact) mass is 291 g/mol. The molecule has 13 heavy (non-hydrogen) atoms. The molecule has 0 amide bonds. The van der Waals surface area contributed by atoms with E-state index in [0.717, 1.165) is 21.7 Å². The van der Waals surface area contributed by atoms with E-state index >= 15 is 0 Å². The van der Waals surface area contributed by atoms with Gasteiger partial charge >= 0.3 is 0 Å². The molecule has 74 valence electrons. The highest BCUT2D eigenvalue weighted by molar-refractivity contribution is 14.1. The van der Waals surface area contributed by atoms with Crippen molar-refractivity contribution < 1.29 is 0 Å². The van der Waals surface area contributed by atoms with Crippen molar-refractivity contribution in [3.63, 3.8) is 0 Å². The van der Waals surface area contributed by atoms with E-state index in [1.54, 1.807) is 0 Å². The lowest BCUT2D eigenvalue weighted by Gasteiger charge is -2.46. The maximum Gasteiger partial charge on any atom is 0.0162 e. The van der Waals surface area contributed by atoms with Crippen LogP contribution in [0.4, 0.5) is 0 Å². The summed E-state index contributed by atoms with van der Waals surface area (Å²) in [5.41, 5.74) is 6.74. The third-order valence-electron chi connectivity index (χ3n) is 4.43. The van der Waals surface area contributed by atoms with E-state index < -0.39 is 0 Å². The van der Waals surface area contributed by atoms with Gasteiger partial charge in [0.2, 0.25) is 0 Å². The van der Waals surface area contributed by atoms with Gasteiger partial charge in [0.15, 0.2) is 0 Å². The number of halogens is 1. The third kappa shape index (κ3) is 1.44. The van der Waals surface area contributed by atoms with Crippen molar-refractivity contribution in [1.29, 1.82) is 0 Å². The smallest absolute Gasteiger partial charge is 0.0162 e. The second kappa shape index (κ2) is 2.84. The fraction of sp³-hybridized carbons (Fsp3) is 1.00. The molecule has 0 aromatic heterocycles. The zero-order chi connectivity index (χ0) is 9.05. The van der Waals surface area contributed by atoms with Gasteiger partial charge in [0.25, 0.3) is 0 Å². The highest BCUT2D eigenvalue weighted by atomic mass is 127. The van der Waals surface area contributed by atoms with Crippen molar-refractivity contribution in [1.82, 2.24) is 0 Å². The van der Waals surface area contributed by atoms with Gasteiger partial charge in [0.05, 0.1) is 0 Å². The summed E-state index contributed by atoms with van der Waals surface area (Å²) in [6.07, 6.45) is 8.44. The molecule has 0 aromatic rings. The van der Waals surface area contributed by atoms with Gasteiger partial charge in [-0.1, -0.05) is 22.6 Å². The predicted octanol–water partition coefficient (Wildman–Crippen LogP) is 2.72. The molecule has 4 fully saturated rings. The summed E-state index contributed by atoms with van der Waals surface area (Å²) in [7, 11) is 0. The summed E-state index contributed by atoms with van der Waals surface area (Å²) in [5.74, 6) is 2.91. The minimum absolute atomic E-state index is 0.260. The third-order valence-corrected chi connectivity index (χ3v) is 5.96. The maximum atomic E-state index is 6.48. The average Bonchev–Trinajstić information content (AvgIpc) is 2.12. The Morgan fingerprint density at radius 2 is 1.69 bits per heavy atom. The molecule has 0 heterocycles. The molecule has 0 saturated heterocycles. The maximum absolute atomic E-state index is 6.48. The summed E-state index contributed by atoms with van der Waals surface area (Å²) in [6, 6.07) is 0. The second-order valence-electron chi connectivity index (χ2n) is 5.69. The van der Waals surface area contributed by atoms with E-state index in [0.29, 0.717) is 0 Å². The zero-order valence-electron chi connectivity index (χ0n) is 8.01. The van der Waals surface area contributed by atoms with E-state index in [1.807, 2.05) is 0 Å². The molecule has 4 rings (SSSR count). The molecule has 2 N–H and O–H groups in total. The lowest BCUT2D eigenvalue weighted by molar-refractivity contribution is 0.105. The van der Waals surface area contributed by atoms with Crippen LogP contribution in [0.5, 0.6) is 0 Å². The first-order chi connectivity index (χ1) is 6.15. The van der Waals surface area contributed by atoms with Crippen LogP contribution in [0.1, 0.15) is 38.5 Å². The Kier molecular flexibility index (Phi) is 1.96. The highest BCUT2D eigenvalue weighted by Gasteiger charge is 2.48. The van der Waals surface area contributed by atoms with E-state index in [2.05, 4.69) is 22.6 Å². The predicted molar refractivity (Wildman–Crippen MR) is 62.9 cm³/mol. The SMILES string of the molecule is N[C@@]12C[C@@H]3C[C@@H](C[C@H](I)[C@@H](C3)C1)C2. The van der Waals surface area contributed by atoms with Crippen LogP contribution in [0.2, 0.25) is 0 Å². The van der Waals surface area contributed by atoms with Crippen LogP contribution in [0.25, 0.3) is 0 Å². The Balaban J connectivity index is 1.95. The first kappa shape index (κ1) is 8.96. The van der Waals surface area contributed by atoms with Gasteiger partial charge in [-0.05, 0) is 56.3 Å². The standard InChI is InChI=1S/C11H18IN/c12-10-3-8-1-7-2-9(10)6-11(13,4-7)5-8/h7-10H,1-6,13H2/t7-,8+,9+,10+,11-/m1/s1. The van der Waals surface area contributed by atoms with Crippen molar-refractivity contribution in [2.45, 2.75) is 48.0 Å². The van der Waals surface area contributed by atoms with Crippen LogP contribution in [0.3, 0.4) is 0 Å². The molecular weight excluding hydrogens is 273 g/mol. The Bertz CT molecular complexity index is 230. The van der Waals surface area contributed by atoms with E-state index in [1.165, 1.54) is 38.5 Å². The summed E-state index contributed by atoms with van der Waals surface area (Å²) < 4.78 is 0.929. The first-order valence-corrected chi connectivity index (χ1v) is 6.82. The molecule has 0 spiro atoms. The Labute approximate surface area is 94.0 Å².